The highest BCUT2D eigenvalue weighted by Crippen LogP contribution is 2.10. The van der Waals surface area contributed by atoms with Crippen molar-refractivity contribution in [1.29, 1.82) is 0 Å². The van der Waals surface area contributed by atoms with Gasteiger partial charge >= 0.3 is 0 Å². The Hall–Kier alpha value is -3.21. The summed E-state index contributed by atoms with van der Waals surface area (Å²) in [7, 11) is 0. The van der Waals surface area contributed by atoms with Crippen molar-refractivity contribution in [2.75, 3.05) is 6.61 Å². The molecule has 0 heterocycles. The second kappa shape index (κ2) is 41.2. The van der Waals surface area contributed by atoms with Crippen LogP contribution in [0.3, 0.4) is 0 Å². The van der Waals surface area contributed by atoms with Gasteiger partial charge in [0.05, 0.1) is 18.8 Å². The van der Waals surface area contributed by atoms with E-state index in [0.717, 1.165) is 96.3 Å². The molecule has 0 aromatic rings. The van der Waals surface area contributed by atoms with Crippen LogP contribution in [0.25, 0.3) is 0 Å². The van der Waals surface area contributed by atoms with Crippen LogP contribution in [0, 0.1) is 0 Å². The van der Waals surface area contributed by atoms with Crippen LogP contribution >= 0.6 is 0 Å². The van der Waals surface area contributed by atoms with E-state index < -0.39 is 12.1 Å². The molecule has 286 valence electrons. The average Bonchev–Trinajstić information content (AvgIpc) is 3.13. The number of aliphatic hydroxyl groups is 2. The summed E-state index contributed by atoms with van der Waals surface area (Å²) in [5.74, 6) is -0.100. The summed E-state index contributed by atoms with van der Waals surface area (Å²) in [5.41, 5.74) is 0. The van der Waals surface area contributed by atoms with Crippen LogP contribution in [0.4, 0.5) is 0 Å². The minimum Gasteiger partial charge on any atom is -0.394 e. The highest BCUT2D eigenvalue weighted by atomic mass is 16.3. The van der Waals surface area contributed by atoms with Crippen LogP contribution in [-0.2, 0) is 4.79 Å². The first-order valence-corrected chi connectivity index (χ1v) is 20.2. The fourth-order valence-corrected chi connectivity index (χ4v) is 5.07. The molecule has 0 aliphatic heterocycles. The monoisotopic (exact) mass is 702 g/mol. The number of hydrogen-bond acceptors (Lipinski definition) is 3. The molecule has 4 heteroatoms. The van der Waals surface area contributed by atoms with E-state index in [1.807, 2.05) is 6.08 Å². The van der Waals surface area contributed by atoms with E-state index in [1.54, 1.807) is 6.08 Å². The number of amides is 1. The lowest BCUT2D eigenvalue weighted by molar-refractivity contribution is -0.123. The van der Waals surface area contributed by atoms with E-state index in [9.17, 15) is 15.0 Å². The van der Waals surface area contributed by atoms with Crippen LogP contribution in [0.2, 0.25) is 0 Å². The Kier molecular flexibility index (Phi) is 38.6. The highest BCUT2D eigenvalue weighted by molar-refractivity contribution is 5.76. The SMILES string of the molecule is CC/C=C\C/C=C\C/C=C\C/C=C\C/C=C\C/C=C\C/C=C\C/C=C\CCCCCCCCC(=O)NC(CO)C(O)/C=C/CC/C=C/CCCC. The predicted molar refractivity (Wildman–Crippen MR) is 225 cm³/mol. The summed E-state index contributed by atoms with van der Waals surface area (Å²) in [6.07, 6.45) is 64.5. The van der Waals surface area contributed by atoms with Gasteiger partial charge in [-0.1, -0.05) is 174 Å². The summed E-state index contributed by atoms with van der Waals surface area (Å²) in [4.78, 5) is 12.3. The van der Waals surface area contributed by atoms with E-state index in [1.165, 1.54) is 32.1 Å². The molecule has 0 fully saturated rings. The first kappa shape index (κ1) is 47.8. The van der Waals surface area contributed by atoms with Gasteiger partial charge in [0, 0.05) is 6.42 Å². The predicted octanol–water partition coefficient (Wildman–Crippen LogP) is 12.6. The summed E-state index contributed by atoms with van der Waals surface area (Å²) < 4.78 is 0. The molecule has 0 aliphatic carbocycles. The maximum Gasteiger partial charge on any atom is 0.220 e. The molecule has 0 aromatic carbocycles. The Morgan fingerprint density at radius 3 is 1.37 bits per heavy atom. The minimum atomic E-state index is -0.874. The van der Waals surface area contributed by atoms with Crippen LogP contribution in [0.5, 0.6) is 0 Å². The van der Waals surface area contributed by atoms with Gasteiger partial charge < -0.3 is 15.5 Å². The van der Waals surface area contributed by atoms with Gasteiger partial charge in [-0.2, -0.15) is 0 Å². The summed E-state index contributed by atoms with van der Waals surface area (Å²) in [6.45, 7) is 4.07. The Morgan fingerprint density at radius 1 is 0.490 bits per heavy atom. The molecule has 1 amide bonds. The van der Waals surface area contributed by atoms with E-state index in [0.29, 0.717) is 6.42 Å². The van der Waals surface area contributed by atoms with Gasteiger partial charge in [0.1, 0.15) is 0 Å². The molecule has 0 saturated carbocycles. The molecule has 0 bridgehead atoms. The number of aliphatic hydroxyl groups excluding tert-OH is 2. The van der Waals surface area contributed by atoms with Crippen LogP contribution < -0.4 is 5.32 Å². The first-order valence-electron chi connectivity index (χ1n) is 20.2. The topological polar surface area (TPSA) is 69.6 Å². The third-order valence-corrected chi connectivity index (χ3v) is 8.18. The number of rotatable bonds is 34. The van der Waals surface area contributed by atoms with Gasteiger partial charge in [0.2, 0.25) is 5.91 Å². The van der Waals surface area contributed by atoms with Gasteiger partial charge in [0.25, 0.3) is 0 Å². The Morgan fingerprint density at radius 2 is 0.882 bits per heavy atom. The molecule has 4 nitrogen and oxygen atoms in total. The van der Waals surface area contributed by atoms with Crippen molar-refractivity contribution in [1.82, 2.24) is 5.32 Å². The smallest absolute Gasteiger partial charge is 0.220 e. The standard InChI is InChI=1S/C47H75NO3/c1-3-5-7-9-11-13-14-15-16-17-18-19-20-21-22-23-24-25-26-27-28-29-30-31-32-33-34-35-37-39-41-43-47(51)48-45(44-49)46(50)42-40-38-36-12-10-8-6-4-2/h5,7,10-13,15-16,18-19,21-22,24-25,27-28,30-31,40,42,45-46,49-50H,3-4,6,8-9,14,17,20,23,26,29,32-39,41,43-44H2,1-2H3,(H,48,51)/b7-5-,12-10+,13-11-,16-15-,19-18-,22-21-,25-24-,28-27-,31-30-,42-40+. The molecule has 0 saturated heterocycles. The Bertz CT molecular complexity index is 1070. The first-order chi connectivity index (χ1) is 25.2. The molecule has 2 atom stereocenters. The second-order valence-corrected chi connectivity index (χ2v) is 13.0. The molecule has 0 radical (unpaired) electrons. The molecule has 51 heavy (non-hydrogen) atoms. The highest BCUT2D eigenvalue weighted by Gasteiger charge is 2.17. The third-order valence-electron chi connectivity index (χ3n) is 8.18. The fraction of sp³-hybridized carbons (Fsp3) is 0.553. The number of unbranched alkanes of at least 4 members (excludes halogenated alkanes) is 9. The van der Waals surface area contributed by atoms with E-state index in [2.05, 4.69) is 129 Å². The summed E-state index contributed by atoms with van der Waals surface area (Å²) in [5, 5.41) is 22.7. The average molecular weight is 702 g/mol. The van der Waals surface area contributed by atoms with Gasteiger partial charge in [-0.3, -0.25) is 4.79 Å². The Labute approximate surface area is 314 Å². The molecule has 0 aromatic heterocycles. The third kappa shape index (κ3) is 37.9. The molecule has 3 N–H and O–H groups in total. The lowest BCUT2D eigenvalue weighted by atomic mass is 10.1. The van der Waals surface area contributed by atoms with Gasteiger partial charge in [0.15, 0.2) is 0 Å². The van der Waals surface area contributed by atoms with Crippen molar-refractivity contribution >= 4 is 5.91 Å². The normalized spacial score (nSPS) is 14.4. The van der Waals surface area contributed by atoms with Crippen molar-refractivity contribution in [2.24, 2.45) is 0 Å². The molecule has 2 unspecified atom stereocenters. The largest absolute Gasteiger partial charge is 0.394 e. The lowest BCUT2D eigenvalue weighted by Gasteiger charge is -2.19. The number of carbonyl (C=O) groups is 1. The van der Waals surface area contributed by atoms with Crippen molar-refractivity contribution in [3.8, 4) is 0 Å². The van der Waals surface area contributed by atoms with Gasteiger partial charge in [-0.25, -0.2) is 0 Å². The lowest BCUT2D eigenvalue weighted by Crippen LogP contribution is -2.45. The number of nitrogens with one attached hydrogen (secondary N) is 1. The molecule has 0 spiro atoms. The molecule has 0 rings (SSSR count). The number of hydrogen-bond donors (Lipinski definition) is 3. The van der Waals surface area contributed by atoms with Crippen LogP contribution in [0.1, 0.15) is 149 Å². The maximum atomic E-state index is 12.3. The van der Waals surface area contributed by atoms with Crippen LogP contribution in [0.15, 0.2) is 122 Å². The van der Waals surface area contributed by atoms with Crippen molar-refractivity contribution in [3.63, 3.8) is 0 Å². The zero-order valence-corrected chi connectivity index (χ0v) is 32.6. The van der Waals surface area contributed by atoms with E-state index in [4.69, 9.17) is 0 Å². The second-order valence-electron chi connectivity index (χ2n) is 13.0. The van der Waals surface area contributed by atoms with E-state index >= 15 is 0 Å². The molecular weight excluding hydrogens is 627 g/mol. The number of carbonyl (C=O) groups excluding carboxylic acids is 1. The zero-order valence-electron chi connectivity index (χ0n) is 32.6. The zero-order chi connectivity index (χ0) is 37.1. The van der Waals surface area contributed by atoms with Crippen LogP contribution in [-0.4, -0.2) is 34.9 Å². The van der Waals surface area contributed by atoms with Crippen molar-refractivity contribution in [2.45, 2.75) is 161 Å². The number of allylic oxidation sites excluding steroid dienone is 19. The van der Waals surface area contributed by atoms with Crippen molar-refractivity contribution < 1.29 is 15.0 Å². The minimum absolute atomic E-state index is 0.100. The van der Waals surface area contributed by atoms with E-state index in [-0.39, 0.29) is 12.5 Å². The Balaban J connectivity index is 3.70. The van der Waals surface area contributed by atoms with Gasteiger partial charge in [-0.05, 0) is 89.9 Å². The van der Waals surface area contributed by atoms with Gasteiger partial charge in [-0.15, -0.1) is 0 Å². The molecular formula is C47H75NO3. The van der Waals surface area contributed by atoms with Crippen molar-refractivity contribution in [3.05, 3.63) is 122 Å². The quantitative estimate of drug-likeness (QED) is 0.0462. The fourth-order valence-electron chi connectivity index (χ4n) is 5.07. The maximum absolute atomic E-state index is 12.3. The summed E-state index contributed by atoms with van der Waals surface area (Å²) >= 11 is 0. The molecule has 0 aliphatic rings. The summed E-state index contributed by atoms with van der Waals surface area (Å²) in [6, 6.07) is -0.653.